The third-order valence-corrected chi connectivity index (χ3v) is 19.4. The van der Waals surface area contributed by atoms with E-state index >= 15 is 0 Å². The van der Waals surface area contributed by atoms with Crippen molar-refractivity contribution in [3.63, 3.8) is 0 Å². The van der Waals surface area contributed by atoms with E-state index in [1.54, 1.807) is 0 Å². The number of methoxy groups -OCH3 is 1. The molecule has 0 aromatic rings. The molecule has 8 rings (SSSR count). The molecule has 0 amide bonds. The fraction of sp³-hybridized carbons (Fsp3) is 0.958. The summed E-state index contributed by atoms with van der Waals surface area (Å²) in [4.78, 5) is 0. The van der Waals surface area contributed by atoms with Gasteiger partial charge in [-0.15, -0.1) is 0 Å². The predicted octanol–water partition coefficient (Wildman–Crippen LogP) is 0.878. The molecular formula is C48H80O17. The Balaban J connectivity index is 1.11. The van der Waals surface area contributed by atoms with Crippen LogP contribution in [0.4, 0.5) is 0 Å². The van der Waals surface area contributed by atoms with Crippen molar-refractivity contribution in [3.8, 4) is 0 Å². The van der Waals surface area contributed by atoms with Crippen LogP contribution in [0.2, 0.25) is 0 Å². The lowest BCUT2D eigenvalue weighted by Gasteiger charge is -2.73. The van der Waals surface area contributed by atoms with Crippen molar-refractivity contribution in [1.29, 1.82) is 0 Å². The van der Waals surface area contributed by atoms with Crippen LogP contribution in [0, 0.1) is 50.2 Å². The third kappa shape index (κ3) is 7.94. The van der Waals surface area contributed by atoms with Crippen molar-refractivity contribution < 1.29 is 84.2 Å². The summed E-state index contributed by atoms with van der Waals surface area (Å²) in [6.45, 7) is 14.8. The van der Waals surface area contributed by atoms with Crippen LogP contribution in [-0.2, 0) is 33.2 Å². The number of aliphatic hydroxyl groups excluding tert-OH is 10. The van der Waals surface area contributed by atoms with E-state index < -0.39 is 117 Å². The highest BCUT2D eigenvalue weighted by molar-refractivity contribution is 5.35. The maximum atomic E-state index is 11.7. The lowest BCUT2D eigenvalue weighted by Crippen LogP contribution is -2.70. The average molecular weight is 929 g/mol. The van der Waals surface area contributed by atoms with Gasteiger partial charge in [-0.1, -0.05) is 60.1 Å². The maximum Gasteiger partial charge on any atom is 0.187 e. The number of ether oxygens (including phenoxy) is 7. The topological polar surface area (TPSA) is 267 Å². The molecule has 0 aromatic heterocycles. The summed E-state index contributed by atoms with van der Waals surface area (Å²) in [5.74, 6) is 0.632. The third-order valence-electron chi connectivity index (χ3n) is 19.4. The quantitative estimate of drug-likeness (QED) is 0.108. The Bertz CT molecular complexity index is 1710. The molecule has 17 heteroatoms. The van der Waals surface area contributed by atoms with Gasteiger partial charge in [-0.3, -0.25) is 0 Å². The van der Waals surface area contributed by atoms with E-state index in [0.717, 1.165) is 51.4 Å². The van der Waals surface area contributed by atoms with Gasteiger partial charge in [-0.2, -0.15) is 0 Å². The standard InChI is InChI=1S/C48H80O17/c1-43(2)13-15-48(22-51)16-14-46(6)23(24(48)18-43)9-10-28-45(5)12-11-30(44(3,4)29(45)17-31(59-8)47(28,46)7)63-42-39(65-41-37(58)35(56)33(54)26(19-49)61-41)38(34(55)27(20-50)62-42)64-40-36(57)32(53)25(52)21-60-40/h9,24-42,49-58H,10-22H2,1-8H3/t24?,25-,26+,27+,28?,29?,30?,31+,32-,33+,34+,35-,36+,37+,38-,39+,40-,41-,42-,45+,46+,47-,48+/m0/s1. The predicted molar refractivity (Wildman–Crippen MR) is 230 cm³/mol. The van der Waals surface area contributed by atoms with Crippen LogP contribution >= 0.6 is 0 Å². The highest BCUT2D eigenvalue weighted by Gasteiger charge is 2.72. The Morgan fingerprint density at radius 1 is 0.646 bits per heavy atom. The molecule has 374 valence electrons. The lowest BCUT2D eigenvalue weighted by atomic mass is 9.33. The first-order valence-electron chi connectivity index (χ1n) is 24.2. The molecule has 4 unspecified atom stereocenters. The number of hydrogen-bond acceptors (Lipinski definition) is 17. The van der Waals surface area contributed by atoms with E-state index in [2.05, 4.69) is 54.5 Å². The molecule has 3 aliphatic heterocycles. The normalized spacial score (nSPS) is 54.1. The summed E-state index contributed by atoms with van der Waals surface area (Å²) < 4.78 is 43.8. The molecule has 8 aliphatic rings. The van der Waals surface area contributed by atoms with Crippen molar-refractivity contribution in [2.24, 2.45) is 50.2 Å². The van der Waals surface area contributed by atoms with E-state index in [1.807, 2.05) is 7.11 Å². The molecule has 3 saturated heterocycles. The van der Waals surface area contributed by atoms with Gasteiger partial charge in [-0.05, 0) is 97.2 Å². The molecular weight excluding hydrogens is 849 g/mol. The second kappa shape index (κ2) is 18.0. The van der Waals surface area contributed by atoms with E-state index in [1.165, 1.54) is 5.57 Å². The molecule has 7 fully saturated rings. The molecule has 17 nitrogen and oxygen atoms in total. The first-order chi connectivity index (χ1) is 30.5. The van der Waals surface area contributed by atoms with Crippen LogP contribution in [-0.4, -0.2) is 183 Å². The average Bonchev–Trinajstić information content (AvgIpc) is 3.26. The highest BCUT2D eigenvalue weighted by atomic mass is 16.8. The van der Waals surface area contributed by atoms with Crippen LogP contribution in [0.15, 0.2) is 11.6 Å². The molecule has 0 spiro atoms. The minimum atomic E-state index is -1.86. The molecule has 4 saturated carbocycles. The number of rotatable bonds is 10. The minimum Gasteiger partial charge on any atom is -0.396 e. The van der Waals surface area contributed by atoms with Crippen molar-refractivity contribution in [3.05, 3.63) is 11.6 Å². The van der Waals surface area contributed by atoms with E-state index in [-0.39, 0.29) is 51.6 Å². The fourth-order valence-electron chi connectivity index (χ4n) is 15.1. The summed E-state index contributed by atoms with van der Waals surface area (Å²) in [5.41, 5.74) is 0.519. The van der Waals surface area contributed by atoms with Crippen molar-refractivity contribution in [1.82, 2.24) is 0 Å². The van der Waals surface area contributed by atoms with Crippen LogP contribution < -0.4 is 0 Å². The second-order valence-electron chi connectivity index (χ2n) is 23.4. The second-order valence-corrected chi connectivity index (χ2v) is 23.4. The van der Waals surface area contributed by atoms with Gasteiger partial charge < -0.3 is 84.2 Å². The monoisotopic (exact) mass is 929 g/mol. The Hall–Kier alpha value is -0.940. The molecule has 65 heavy (non-hydrogen) atoms. The van der Waals surface area contributed by atoms with Gasteiger partial charge in [0.25, 0.3) is 0 Å². The zero-order valence-electron chi connectivity index (χ0n) is 39.6. The Morgan fingerprint density at radius 3 is 1.94 bits per heavy atom. The zero-order valence-corrected chi connectivity index (χ0v) is 39.6. The van der Waals surface area contributed by atoms with Crippen molar-refractivity contribution in [2.45, 2.75) is 204 Å². The SMILES string of the molecule is CO[C@@H]1CC2C(C)(C)C(O[C@@H]3O[C@H](CO)[C@@H](O)[C@H](O[C@@H]4OC[C@H](O)[C@H](O)[C@H]4O)[C@H]3O[C@@H]3O[C@H](CO)[C@@H](O)[C@H](O)[C@H]3O)CC[C@]2(C)C2CC=C3C4CC(C)(C)CC[C@]4(CO)CC[C@@]3(C)[C@@]21C. The van der Waals surface area contributed by atoms with Crippen LogP contribution in [0.1, 0.15) is 106 Å². The Kier molecular flexibility index (Phi) is 14.0. The number of aliphatic hydroxyl groups is 10. The molecule has 23 atom stereocenters. The van der Waals surface area contributed by atoms with Gasteiger partial charge in [0.05, 0.1) is 32.0 Å². The van der Waals surface area contributed by atoms with Gasteiger partial charge in [-0.25, -0.2) is 0 Å². The number of fused-ring (bicyclic) bond motifs is 7. The Morgan fingerprint density at radius 2 is 1.28 bits per heavy atom. The largest absolute Gasteiger partial charge is 0.396 e. The van der Waals surface area contributed by atoms with Gasteiger partial charge in [0.2, 0.25) is 0 Å². The summed E-state index contributed by atoms with van der Waals surface area (Å²) in [5, 5.41) is 107. The summed E-state index contributed by atoms with van der Waals surface area (Å²) in [6, 6.07) is 0. The van der Waals surface area contributed by atoms with E-state index in [4.69, 9.17) is 33.2 Å². The first kappa shape index (κ1) is 50.4. The summed E-state index contributed by atoms with van der Waals surface area (Å²) in [7, 11) is 1.83. The molecule has 3 heterocycles. The lowest BCUT2D eigenvalue weighted by molar-refractivity contribution is -0.396. The summed E-state index contributed by atoms with van der Waals surface area (Å²) >= 11 is 0. The maximum absolute atomic E-state index is 11.7. The summed E-state index contributed by atoms with van der Waals surface area (Å²) in [6.07, 6.45) is -12.3. The molecule has 0 radical (unpaired) electrons. The zero-order chi connectivity index (χ0) is 47.4. The van der Waals surface area contributed by atoms with Crippen LogP contribution in [0.25, 0.3) is 0 Å². The molecule has 0 aromatic carbocycles. The van der Waals surface area contributed by atoms with Gasteiger partial charge >= 0.3 is 0 Å². The van der Waals surface area contributed by atoms with Crippen molar-refractivity contribution >= 4 is 0 Å². The first-order valence-corrected chi connectivity index (χ1v) is 24.2. The van der Waals surface area contributed by atoms with Gasteiger partial charge in [0.15, 0.2) is 18.9 Å². The Labute approximate surface area is 383 Å². The molecule has 10 N–H and O–H groups in total. The van der Waals surface area contributed by atoms with Gasteiger partial charge in [0, 0.05) is 24.5 Å². The number of hydrogen-bond donors (Lipinski definition) is 10. The smallest absolute Gasteiger partial charge is 0.187 e. The van der Waals surface area contributed by atoms with E-state index in [0.29, 0.717) is 12.3 Å². The highest BCUT2D eigenvalue weighted by Crippen LogP contribution is 2.76. The van der Waals surface area contributed by atoms with E-state index in [9.17, 15) is 51.1 Å². The van der Waals surface area contributed by atoms with Crippen molar-refractivity contribution in [2.75, 3.05) is 33.5 Å². The molecule has 0 bridgehead atoms. The molecule has 5 aliphatic carbocycles. The minimum absolute atomic E-state index is 0.0717. The van der Waals surface area contributed by atoms with Gasteiger partial charge in [0.1, 0.15) is 67.1 Å². The number of allylic oxidation sites excluding steroid dienone is 2. The fourth-order valence-corrected chi connectivity index (χ4v) is 15.1. The van der Waals surface area contributed by atoms with Crippen LogP contribution in [0.3, 0.4) is 0 Å². The van der Waals surface area contributed by atoms with Crippen LogP contribution in [0.5, 0.6) is 0 Å².